The van der Waals surface area contributed by atoms with E-state index in [2.05, 4.69) is 11.8 Å². The maximum atomic E-state index is 11.3. The van der Waals surface area contributed by atoms with E-state index in [9.17, 15) is 9.00 Å². The van der Waals surface area contributed by atoms with Crippen LogP contribution in [0.5, 0.6) is 0 Å². The number of carboxylic acids is 1. The lowest BCUT2D eigenvalue weighted by molar-refractivity contribution is -0.133. The fraction of sp³-hybridized carbons (Fsp3) is 0.889. The lowest BCUT2D eigenvalue weighted by Gasteiger charge is -2.31. The highest BCUT2D eigenvalue weighted by atomic mass is 32.2. The third-order valence-corrected chi connectivity index (χ3v) is 3.64. The van der Waals surface area contributed by atoms with Gasteiger partial charge in [-0.3, -0.25) is 13.9 Å². The predicted octanol–water partition coefficient (Wildman–Crippen LogP) is -0.460. The summed E-state index contributed by atoms with van der Waals surface area (Å²) in [6.07, 6.45) is -0.0844. The summed E-state index contributed by atoms with van der Waals surface area (Å²) in [5.74, 6) is -0.981. The molecule has 1 heterocycles. The standard InChI is InChI=1S/C9H17NO4S/c1-2-10-3-4-14-8(5-10)6-15(13)7-9(11)12/h8H,2-7H2,1H3,(H,11,12). The fourth-order valence-electron chi connectivity index (χ4n) is 1.57. The zero-order valence-electron chi connectivity index (χ0n) is 8.85. The van der Waals surface area contributed by atoms with Gasteiger partial charge in [0.1, 0.15) is 5.75 Å². The number of rotatable bonds is 5. The van der Waals surface area contributed by atoms with E-state index in [-0.39, 0.29) is 11.9 Å². The molecule has 0 radical (unpaired) electrons. The van der Waals surface area contributed by atoms with Crippen LogP contribution in [0.1, 0.15) is 6.92 Å². The fourth-order valence-corrected chi connectivity index (χ4v) is 2.58. The van der Waals surface area contributed by atoms with Gasteiger partial charge >= 0.3 is 5.97 Å². The Morgan fingerprint density at radius 2 is 2.40 bits per heavy atom. The molecule has 1 N–H and O–H groups in total. The summed E-state index contributed by atoms with van der Waals surface area (Å²) >= 11 is 0. The average Bonchev–Trinajstić information content (AvgIpc) is 2.16. The predicted molar refractivity (Wildman–Crippen MR) is 57.4 cm³/mol. The summed E-state index contributed by atoms with van der Waals surface area (Å²) in [5.41, 5.74) is 0. The molecule has 0 amide bonds. The van der Waals surface area contributed by atoms with E-state index in [1.807, 2.05) is 0 Å². The van der Waals surface area contributed by atoms with Crippen LogP contribution in [-0.2, 0) is 20.3 Å². The van der Waals surface area contributed by atoms with Gasteiger partial charge < -0.3 is 9.84 Å². The molecule has 1 rings (SSSR count). The highest BCUT2D eigenvalue weighted by Crippen LogP contribution is 2.06. The summed E-state index contributed by atoms with van der Waals surface area (Å²) in [6.45, 7) is 5.31. The highest BCUT2D eigenvalue weighted by Gasteiger charge is 2.21. The van der Waals surface area contributed by atoms with Gasteiger partial charge in [-0.15, -0.1) is 0 Å². The molecular weight excluding hydrogens is 218 g/mol. The summed E-state index contributed by atoms with van der Waals surface area (Å²) in [7, 11) is -1.32. The molecule has 2 atom stereocenters. The van der Waals surface area contributed by atoms with Crippen molar-refractivity contribution >= 4 is 16.8 Å². The zero-order valence-corrected chi connectivity index (χ0v) is 9.66. The zero-order chi connectivity index (χ0) is 11.3. The molecule has 1 fully saturated rings. The second kappa shape index (κ2) is 6.19. The Bertz CT molecular complexity index is 246. The first-order chi connectivity index (χ1) is 7.11. The van der Waals surface area contributed by atoms with E-state index in [0.29, 0.717) is 12.4 Å². The van der Waals surface area contributed by atoms with E-state index in [1.165, 1.54) is 0 Å². The first-order valence-electron chi connectivity index (χ1n) is 5.02. The minimum Gasteiger partial charge on any atom is -0.481 e. The van der Waals surface area contributed by atoms with Crippen molar-refractivity contribution in [3.63, 3.8) is 0 Å². The molecule has 1 saturated heterocycles. The quantitative estimate of drug-likeness (QED) is 0.698. The normalized spacial score (nSPS) is 25.0. The monoisotopic (exact) mass is 235 g/mol. The first kappa shape index (κ1) is 12.6. The van der Waals surface area contributed by atoms with Crippen LogP contribution in [0.3, 0.4) is 0 Å². The van der Waals surface area contributed by atoms with Gasteiger partial charge in [0.05, 0.1) is 18.5 Å². The van der Waals surface area contributed by atoms with E-state index in [0.717, 1.165) is 19.6 Å². The van der Waals surface area contributed by atoms with Crippen LogP contribution in [0.25, 0.3) is 0 Å². The molecule has 15 heavy (non-hydrogen) atoms. The molecule has 5 nitrogen and oxygen atoms in total. The Morgan fingerprint density at radius 3 is 3.00 bits per heavy atom. The lowest BCUT2D eigenvalue weighted by Crippen LogP contribution is -2.44. The molecular formula is C9H17NO4S. The van der Waals surface area contributed by atoms with E-state index in [4.69, 9.17) is 9.84 Å². The number of nitrogens with zero attached hydrogens (tertiary/aromatic N) is 1. The van der Waals surface area contributed by atoms with Crippen LogP contribution in [0.4, 0.5) is 0 Å². The molecule has 2 unspecified atom stereocenters. The van der Waals surface area contributed by atoms with Crippen LogP contribution in [0, 0.1) is 0 Å². The summed E-state index contributed by atoms with van der Waals surface area (Å²) in [5, 5.41) is 8.47. The second-order valence-corrected chi connectivity index (χ2v) is 5.03. The Hall–Kier alpha value is -0.460. The van der Waals surface area contributed by atoms with E-state index < -0.39 is 16.8 Å². The van der Waals surface area contributed by atoms with Gasteiger partial charge in [-0.1, -0.05) is 6.92 Å². The van der Waals surface area contributed by atoms with Gasteiger partial charge in [-0.05, 0) is 6.54 Å². The first-order valence-corrected chi connectivity index (χ1v) is 6.51. The van der Waals surface area contributed by atoms with Crippen molar-refractivity contribution in [2.45, 2.75) is 13.0 Å². The van der Waals surface area contributed by atoms with Crippen LogP contribution in [0.15, 0.2) is 0 Å². The molecule has 0 aromatic carbocycles. The summed E-state index contributed by atoms with van der Waals surface area (Å²) < 4.78 is 16.8. The van der Waals surface area contributed by atoms with Gasteiger partial charge in [0, 0.05) is 23.9 Å². The topological polar surface area (TPSA) is 66.8 Å². The van der Waals surface area contributed by atoms with Gasteiger partial charge in [-0.25, -0.2) is 0 Å². The van der Waals surface area contributed by atoms with Gasteiger partial charge in [0.25, 0.3) is 0 Å². The molecule has 0 aromatic rings. The van der Waals surface area contributed by atoms with Crippen molar-refractivity contribution in [3.05, 3.63) is 0 Å². The largest absolute Gasteiger partial charge is 0.481 e. The second-order valence-electron chi connectivity index (χ2n) is 3.53. The molecule has 0 spiro atoms. The number of hydrogen-bond donors (Lipinski definition) is 1. The van der Waals surface area contributed by atoms with Crippen molar-refractivity contribution in [1.82, 2.24) is 4.90 Å². The minimum absolute atomic E-state index is 0.0844. The Morgan fingerprint density at radius 1 is 1.67 bits per heavy atom. The SMILES string of the molecule is CCN1CCOC(CS(=O)CC(=O)O)C1. The van der Waals surface area contributed by atoms with Crippen LogP contribution >= 0.6 is 0 Å². The van der Waals surface area contributed by atoms with Crippen LogP contribution in [0.2, 0.25) is 0 Å². The van der Waals surface area contributed by atoms with Gasteiger partial charge in [0.15, 0.2) is 0 Å². The molecule has 1 aliphatic heterocycles. The van der Waals surface area contributed by atoms with Crippen LogP contribution in [-0.4, -0.2) is 64.0 Å². The average molecular weight is 235 g/mol. The number of carbonyl (C=O) groups is 1. The summed E-state index contributed by atoms with van der Waals surface area (Å²) in [4.78, 5) is 12.5. The Labute approximate surface area is 91.9 Å². The van der Waals surface area contributed by atoms with Crippen molar-refractivity contribution in [2.75, 3.05) is 37.7 Å². The van der Waals surface area contributed by atoms with Gasteiger partial charge in [-0.2, -0.15) is 0 Å². The number of likely N-dealkylation sites (N-methyl/N-ethyl adjacent to an activating group) is 1. The van der Waals surface area contributed by atoms with Crippen LogP contribution < -0.4 is 0 Å². The Balaban J connectivity index is 2.31. The molecule has 6 heteroatoms. The number of aliphatic carboxylic acids is 1. The highest BCUT2D eigenvalue weighted by molar-refractivity contribution is 7.85. The third-order valence-electron chi connectivity index (χ3n) is 2.33. The van der Waals surface area contributed by atoms with Gasteiger partial charge in [0.2, 0.25) is 0 Å². The Kier molecular flexibility index (Phi) is 5.21. The van der Waals surface area contributed by atoms with Crippen molar-refractivity contribution < 1.29 is 18.8 Å². The smallest absolute Gasteiger partial charge is 0.316 e. The van der Waals surface area contributed by atoms with Crippen molar-refractivity contribution in [2.24, 2.45) is 0 Å². The lowest BCUT2D eigenvalue weighted by atomic mass is 10.3. The molecule has 1 aliphatic rings. The number of morpholine rings is 1. The molecule has 0 aromatic heterocycles. The number of carboxylic acid groups (broad SMARTS) is 1. The number of hydrogen-bond acceptors (Lipinski definition) is 4. The molecule has 88 valence electrons. The van der Waals surface area contributed by atoms with Crippen molar-refractivity contribution in [3.8, 4) is 0 Å². The molecule has 0 saturated carbocycles. The molecule has 0 bridgehead atoms. The minimum atomic E-state index is -1.32. The van der Waals surface area contributed by atoms with E-state index in [1.54, 1.807) is 0 Å². The molecule has 0 aliphatic carbocycles. The van der Waals surface area contributed by atoms with E-state index >= 15 is 0 Å². The summed E-state index contributed by atoms with van der Waals surface area (Å²) in [6, 6.07) is 0. The van der Waals surface area contributed by atoms with Crippen molar-refractivity contribution in [1.29, 1.82) is 0 Å². The maximum absolute atomic E-state index is 11.3. The number of ether oxygens (including phenoxy) is 1. The maximum Gasteiger partial charge on any atom is 0.316 e. The third kappa shape index (κ3) is 4.72.